The molecule has 4 rings (SSSR count). The standard InChI is InChI=1S/C25H25FN4O3S/c26-18-9-11-20(12-10-18)30(22(31)16-28-24(32)21-8-4-14-34-21)23(17-5-3-13-27-15-17)25(33)29-19-6-1-2-7-19/h3-5,8-15,19,23H,1-2,6-7,16H2,(H,28,32)(H,29,33)/t23-/m1/s1. The van der Waals surface area contributed by atoms with Crippen LogP contribution in [0, 0.1) is 5.82 Å². The maximum Gasteiger partial charge on any atom is 0.261 e. The SMILES string of the molecule is O=C(NCC(=O)N(c1ccc(F)cc1)[C@@H](C(=O)NC1CCCC1)c1cccnc1)c1cccs1. The molecule has 3 aromatic rings. The van der Waals surface area contributed by atoms with Gasteiger partial charge >= 0.3 is 0 Å². The van der Waals surface area contributed by atoms with E-state index in [0.717, 1.165) is 25.7 Å². The number of nitrogens with one attached hydrogen (secondary N) is 2. The number of nitrogens with zero attached hydrogens (tertiary/aromatic N) is 2. The predicted molar refractivity (Wildman–Crippen MR) is 128 cm³/mol. The molecule has 1 aromatic carbocycles. The number of rotatable bonds is 8. The van der Waals surface area contributed by atoms with Gasteiger partial charge in [-0.2, -0.15) is 0 Å². The van der Waals surface area contributed by atoms with Crippen LogP contribution in [0.25, 0.3) is 0 Å². The highest BCUT2D eigenvalue weighted by Gasteiger charge is 2.34. The molecule has 1 aliphatic carbocycles. The first kappa shape index (κ1) is 23.6. The molecular formula is C25H25FN4O3S. The first-order chi connectivity index (χ1) is 16.5. The van der Waals surface area contributed by atoms with Crippen molar-refractivity contribution in [3.8, 4) is 0 Å². The average molecular weight is 481 g/mol. The molecule has 176 valence electrons. The van der Waals surface area contributed by atoms with Crippen LogP contribution in [0.15, 0.2) is 66.3 Å². The average Bonchev–Trinajstić information content (AvgIpc) is 3.57. The summed E-state index contributed by atoms with van der Waals surface area (Å²) in [5.41, 5.74) is 0.854. The van der Waals surface area contributed by atoms with E-state index in [4.69, 9.17) is 0 Å². The number of hydrogen-bond acceptors (Lipinski definition) is 5. The van der Waals surface area contributed by atoms with Gasteiger partial charge < -0.3 is 10.6 Å². The van der Waals surface area contributed by atoms with E-state index in [1.165, 1.54) is 46.7 Å². The number of amides is 3. The van der Waals surface area contributed by atoms with Gasteiger partial charge in [-0.1, -0.05) is 25.0 Å². The van der Waals surface area contributed by atoms with E-state index in [9.17, 15) is 18.8 Å². The van der Waals surface area contributed by atoms with Gasteiger partial charge in [0.2, 0.25) is 11.8 Å². The topological polar surface area (TPSA) is 91.4 Å². The molecule has 1 atom stereocenters. The summed E-state index contributed by atoms with van der Waals surface area (Å²) in [6.07, 6.45) is 6.96. The van der Waals surface area contributed by atoms with Gasteiger partial charge in [-0.3, -0.25) is 24.3 Å². The number of carbonyl (C=O) groups excluding carboxylic acids is 3. The zero-order chi connectivity index (χ0) is 23.9. The Balaban J connectivity index is 1.65. The zero-order valence-electron chi connectivity index (χ0n) is 18.4. The van der Waals surface area contributed by atoms with E-state index >= 15 is 0 Å². The first-order valence-electron chi connectivity index (χ1n) is 11.1. The molecule has 7 nitrogen and oxygen atoms in total. The molecule has 1 saturated carbocycles. The molecule has 34 heavy (non-hydrogen) atoms. The second-order valence-corrected chi connectivity index (χ2v) is 9.03. The smallest absolute Gasteiger partial charge is 0.261 e. The Hall–Kier alpha value is -3.59. The quantitative estimate of drug-likeness (QED) is 0.512. The lowest BCUT2D eigenvalue weighted by atomic mass is 10.0. The molecule has 0 radical (unpaired) electrons. The Morgan fingerprint density at radius 3 is 2.50 bits per heavy atom. The number of thiophene rings is 1. The van der Waals surface area contributed by atoms with Crippen LogP contribution in [0.1, 0.15) is 47.0 Å². The molecule has 1 fully saturated rings. The van der Waals surface area contributed by atoms with E-state index in [1.807, 2.05) is 0 Å². The van der Waals surface area contributed by atoms with Crippen molar-refractivity contribution in [3.05, 3.63) is 82.6 Å². The lowest BCUT2D eigenvalue weighted by Gasteiger charge is -2.32. The fourth-order valence-electron chi connectivity index (χ4n) is 4.08. The van der Waals surface area contributed by atoms with Crippen LogP contribution < -0.4 is 15.5 Å². The second-order valence-electron chi connectivity index (χ2n) is 8.08. The van der Waals surface area contributed by atoms with Crippen LogP contribution >= 0.6 is 11.3 Å². The Bertz CT molecular complexity index is 1120. The fraction of sp³-hybridized carbons (Fsp3) is 0.280. The molecule has 0 aliphatic heterocycles. The van der Waals surface area contributed by atoms with Crippen LogP contribution in [0.5, 0.6) is 0 Å². The van der Waals surface area contributed by atoms with Crippen molar-refractivity contribution >= 4 is 34.7 Å². The lowest BCUT2D eigenvalue weighted by molar-refractivity contribution is -0.126. The van der Waals surface area contributed by atoms with Gasteiger partial charge in [0, 0.05) is 29.7 Å². The fourth-order valence-corrected chi connectivity index (χ4v) is 4.72. The number of aromatic nitrogens is 1. The van der Waals surface area contributed by atoms with Crippen molar-refractivity contribution in [2.45, 2.75) is 37.8 Å². The second kappa shape index (κ2) is 11.0. The molecule has 1 aliphatic rings. The van der Waals surface area contributed by atoms with E-state index in [-0.39, 0.29) is 24.4 Å². The van der Waals surface area contributed by atoms with E-state index < -0.39 is 17.8 Å². The van der Waals surface area contributed by atoms with Crippen molar-refractivity contribution in [3.63, 3.8) is 0 Å². The maximum atomic E-state index is 13.7. The largest absolute Gasteiger partial charge is 0.351 e. The minimum Gasteiger partial charge on any atom is -0.351 e. The molecule has 0 unspecified atom stereocenters. The number of anilines is 1. The number of halogens is 1. The molecule has 2 aromatic heterocycles. The van der Waals surface area contributed by atoms with Crippen molar-refractivity contribution < 1.29 is 18.8 Å². The highest BCUT2D eigenvalue weighted by molar-refractivity contribution is 7.12. The van der Waals surface area contributed by atoms with Crippen molar-refractivity contribution in [1.29, 1.82) is 0 Å². The third kappa shape index (κ3) is 5.66. The summed E-state index contributed by atoms with van der Waals surface area (Å²) in [6.45, 7) is -0.332. The monoisotopic (exact) mass is 480 g/mol. The van der Waals surface area contributed by atoms with Crippen LogP contribution in [0.4, 0.5) is 10.1 Å². The summed E-state index contributed by atoms with van der Waals surface area (Å²) in [7, 11) is 0. The summed E-state index contributed by atoms with van der Waals surface area (Å²) in [4.78, 5) is 45.3. The van der Waals surface area contributed by atoms with Crippen molar-refractivity contribution in [2.75, 3.05) is 11.4 Å². The molecule has 9 heteroatoms. The number of pyridine rings is 1. The van der Waals surface area contributed by atoms with Gasteiger partial charge in [0.05, 0.1) is 11.4 Å². The van der Waals surface area contributed by atoms with Gasteiger partial charge in [-0.25, -0.2) is 4.39 Å². The van der Waals surface area contributed by atoms with Crippen LogP contribution in [-0.4, -0.2) is 35.3 Å². The zero-order valence-corrected chi connectivity index (χ0v) is 19.3. The van der Waals surface area contributed by atoms with Gasteiger partial charge in [-0.15, -0.1) is 11.3 Å². The number of hydrogen-bond donors (Lipinski definition) is 2. The highest BCUT2D eigenvalue weighted by atomic mass is 32.1. The highest BCUT2D eigenvalue weighted by Crippen LogP contribution is 2.29. The molecule has 2 N–H and O–H groups in total. The maximum absolute atomic E-state index is 13.7. The minimum atomic E-state index is -1.04. The molecule has 2 heterocycles. The Morgan fingerprint density at radius 2 is 1.85 bits per heavy atom. The molecular weight excluding hydrogens is 455 g/mol. The van der Waals surface area contributed by atoms with Crippen molar-refractivity contribution in [1.82, 2.24) is 15.6 Å². The predicted octanol–water partition coefficient (Wildman–Crippen LogP) is 3.85. The van der Waals surface area contributed by atoms with Gasteiger partial charge in [0.1, 0.15) is 11.9 Å². The van der Waals surface area contributed by atoms with E-state index in [2.05, 4.69) is 15.6 Å². The number of benzene rings is 1. The molecule has 0 saturated heterocycles. The van der Waals surface area contributed by atoms with Crippen LogP contribution in [0.3, 0.4) is 0 Å². The summed E-state index contributed by atoms with van der Waals surface area (Å²) in [6, 6.07) is 11.2. The minimum absolute atomic E-state index is 0.0374. The van der Waals surface area contributed by atoms with Gasteiger partial charge in [-0.05, 0) is 54.6 Å². The molecule has 0 spiro atoms. The van der Waals surface area contributed by atoms with Crippen LogP contribution in [0.2, 0.25) is 0 Å². The Labute approximate surface area is 201 Å². The summed E-state index contributed by atoms with van der Waals surface area (Å²) in [5.74, 6) is -1.69. The summed E-state index contributed by atoms with van der Waals surface area (Å²) in [5, 5.41) is 7.46. The van der Waals surface area contributed by atoms with E-state index in [0.29, 0.717) is 16.1 Å². The Kier molecular flexibility index (Phi) is 7.64. The Morgan fingerprint density at radius 1 is 1.09 bits per heavy atom. The van der Waals surface area contributed by atoms with Gasteiger partial charge in [0.25, 0.3) is 5.91 Å². The summed E-state index contributed by atoms with van der Waals surface area (Å²) >= 11 is 1.26. The molecule has 3 amide bonds. The summed E-state index contributed by atoms with van der Waals surface area (Å²) < 4.78 is 13.7. The van der Waals surface area contributed by atoms with E-state index in [1.54, 1.807) is 35.8 Å². The normalized spacial score (nSPS) is 14.4. The lowest BCUT2D eigenvalue weighted by Crippen LogP contribution is -2.49. The van der Waals surface area contributed by atoms with Gasteiger partial charge in [0.15, 0.2) is 0 Å². The first-order valence-corrected chi connectivity index (χ1v) is 12.0. The third-order valence-corrected chi connectivity index (χ3v) is 6.60. The third-order valence-electron chi connectivity index (χ3n) is 5.73. The van der Waals surface area contributed by atoms with Crippen molar-refractivity contribution in [2.24, 2.45) is 0 Å². The number of carbonyl (C=O) groups is 3. The van der Waals surface area contributed by atoms with Crippen LogP contribution in [-0.2, 0) is 9.59 Å². The molecule has 0 bridgehead atoms.